The molecule has 2 heterocycles. The first-order valence-corrected chi connectivity index (χ1v) is 7.81. The number of aliphatic hydroxyl groups is 1. The van der Waals surface area contributed by atoms with Crippen LogP contribution in [0.3, 0.4) is 0 Å². The lowest BCUT2D eigenvalue weighted by molar-refractivity contribution is 0.0885. The molecule has 0 aliphatic carbocycles. The molecule has 2 aromatic rings. The molecule has 1 aromatic heterocycles. The number of benzene rings is 1. The first-order valence-electron chi connectivity index (χ1n) is 7.81. The van der Waals surface area contributed by atoms with Crippen LogP contribution in [0.15, 0.2) is 18.2 Å². The number of aromatic amines is 1. The molecule has 0 amide bonds. The number of hydrogen-bond donors (Lipinski definition) is 3. The lowest BCUT2D eigenvalue weighted by atomic mass is 10.2. The average molecular weight is 305 g/mol. The normalized spacial score (nSPS) is 19.6. The van der Waals surface area contributed by atoms with Crippen LogP contribution in [0.25, 0.3) is 10.9 Å². The second-order valence-corrected chi connectivity index (χ2v) is 5.76. The maximum atomic E-state index is 10.0. The first kappa shape index (κ1) is 15.3. The van der Waals surface area contributed by atoms with Gasteiger partial charge in [0, 0.05) is 25.4 Å². The smallest absolute Gasteiger partial charge is 0.130 e. The second-order valence-electron chi connectivity index (χ2n) is 5.76. The molecule has 0 radical (unpaired) electrons. The van der Waals surface area contributed by atoms with E-state index in [1.54, 1.807) is 0 Å². The van der Waals surface area contributed by atoms with Crippen molar-refractivity contribution < 1.29 is 14.6 Å². The topological polar surface area (TPSA) is 79.4 Å². The molecule has 6 nitrogen and oxygen atoms in total. The zero-order chi connectivity index (χ0) is 15.4. The van der Waals surface area contributed by atoms with E-state index >= 15 is 0 Å². The molecule has 0 bridgehead atoms. The Morgan fingerprint density at radius 3 is 3.27 bits per heavy atom. The Hall–Kier alpha value is -1.63. The van der Waals surface area contributed by atoms with Gasteiger partial charge < -0.3 is 19.9 Å². The maximum absolute atomic E-state index is 10.0. The number of nitrogens with one attached hydrogen (secondary N) is 2. The summed E-state index contributed by atoms with van der Waals surface area (Å²) in [6.45, 7) is 4.35. The Kier molecular flexibility index (Phi) is 4.92. The summed E-state index contributed by atoms with van der Waals surface area (Å²) < 4.78 is 11.3. The van der Waals surface area contributed by atoms with Crippen molar-refractivity contribution in [2.24, 2.45) is 0 Å². The summed E-state index contributed by atoms with van der Waals surface area (Å²) in [6, 6.07) is 5.74. The molecule has 2 atom stereocenters. The van der Waals surface area contributed by atoms with Crippen molar-refractivity contribution in [2.45, 2.75) is 32.0 Å². The van der Waals surface area contributed by atoms with Crippen molar-refractivity contribution in [1.82, 2.24) is 15.5 Å². The van der Waals surface area contributed by atoms with Crippen LogP contribution in [0, 0.1) is 6.92 Å². The average Bonchev–Trinajstić information content (AvgIpc) is 3.16. The van der Waals surface area contributed by atoms with Crippen LogP contribution in [0.4, 0.5) is 0 Å². The predicted octanol–water partition coefficient (Wildman–Crippen LogP) is 1.38. The van der Waals surface area contributed by atoms with Gasteiger partial charge in [-0.1, -0.05) is 6.07 Å². The highest BCUT2D eigenvalue weighted by molar-refractivity contribution is 5.87. The minimum Gasteiger partial charge on any atom is -0.490 e. The Balaban J connectivity index is 1.47. The van der Waals surface area contributed by atoms with Gasteiger partial charge in [0.05, 0.1) is 17.0 Å². The number of aliphatic hydroxyl groups excluding tert-OH is 1. The van der Waals surface area contributed by atoms with E-state index in [0.29, 0.717) is 6.54 Å². The molecule has 22 heavy (non-hydrogen) atoms. The molecule has 6 heteroatoms. The maximum Gasteiger partial charge on any atom is 0.130 e. The Bertz CT molecular complexity index is 608. The van der Waals surface area contributed by atoms with Crippen LogP contribution >= 0.6 is 0 Å². The van der Waals surface area contributed by atoms with Gasteiger partial charge in [-0.05, 0) is 31.9 Å². The standard InChI is InChI=1S/C16H23N3O3/c1-11-16-14(19-18-11)5-2-6-15(16)22-10-12(20)8-17-9-13-4-3-7-21-13/h2,5-6,12-13,17,20H,3-4,7-10H2,1H3,(H,18,19)/t12-,13?/m0/s1. The SMILES string of the molecule is Cc1[nH]nc2cccc(OC[C@@H](O)CNCC3CCCO3)c12. The molecule has 1 aliphatic heterocycles. The molecule has 3 rings (SSSR count). The monoisotopic (exact) mass is 305 g/mol. The zero-order valence-electron chi connectivity index (χ0n) is 12.8. The number of aryl methyl sites for hydroxylation is 1. The highest BCUT2D eigenvalue weighted by atomic mass is 16.5. The number of hydrogen-bond acceptors (Lipinski definition) is 5. The number of H-pyrrole nitrogens is 1. The lowest BCUT2D eigenvalue weighted by Gasteiger charge is -2.15. The molecule has 3 N–H and O–H groups in total. The van der Waals surface area contributed by atoms with E-state index in [1.807, 2.05) is 25.1 Å². The van der Waals surface area contributed by atoms with E-state index < -0.39 is 6.10 Å². The summed E-state index contributed by atoms with van der Waals surface area (Å²) in [5.41, 5.74) is 1.84. The molecule has 1 unspecified atom stereocenters. The summed E-state index contributed by atoms with van der Waals surface area (Å²) in [5.74, 6) is 0.752. The van der Waals surface area contributed by atoms with Crippen LogP contribution in [-0.2, 0) is 4.74 Å². The van der Waals surface area contributed by atoms with Gasteiger partial charge >= 0.3 is 0 Å². The Morgan fingerprint density at radius 1 is 1.55 bits per heavy atom. The molecule has 0 spiro atoms. The summed E-state index contributed by atoms with van der Waals surface area (Å²) >= 11 is 0. The van der Waals surface area contributed by atoms with Crippen molar-refractivity contribution in [1.29, 1.82) is 0 Å². The molecule has 1 saturated heterocycles. The second kappa shape index (κ2) is 7.09. The summed E-state index contributed by atoms with van der Waals surface area (Å²) in [6.07, 6.45) is 1.97. The first-order chi connectivity index (χ1) is 10.7. The summed E-state index contributed by atoms with van der Waals surface area (Å²) in [7, 11) is 0. The molecule has 120 valence electrons. The van der Waals surface area contributed by atoms with Crippen molar-refractivity contribution >= 4 is 10.9 Å². The van der Waals surface area contributed by atoms with Crippen molar-refractivity contribution in [3.63, 3.8) is 0 Å². The third kappa shape index (κ3) is 3.58. The fourth-order valence-corrected chi connectivity index (χ4v) is 2.77. The van der Waals surface area contributed by atoms with E-state index in [1.165, 1.54) is 0 Å². The van der Waals surface area contributed by atoms with Gasteiger partial charge in [0.2, 0.25) is 0 Å². The number of rotatable bonds is 7. The van der Waals surface area contributed by atoms with Crippen molar-refractivity contribution in [3.8, 4) is 5.75 Å². The van der Waals surface area contributed by atoms with Gasteiger partial charge in [-0.15, -0.1) is 0 Å². The van der Waals surface area contributed by atoms with Crippen molar-refractivity contribution in [2.75, 3.05) is 26.3 Å². The minimum absolute atomic E-state index is 0.252. The van der Waals surface area contributed by atoms with Gasteiger partial charge in [-0.3, -0.25) is 5.10 Å². The van der Waals surface area contributed by atoms with E-state index in [9.17, 15) is 5.11 Å². The molecule has 1 aliphatic rings. The molecule has 1 fully saturated rings. The van der Waals surface area contributed by atoms with Gasteiger partial charge in [-0.25, -0.2) is 0 Å². The quantitative estimate of drug-likeness (QED) is 0.720. The summed E-state index contributed by atoms with van der Waals surface area (Å²) in [5, 5.41) is 21.4. The number of fused-ring (bicyclic) bond motifs is 1. The number of aromatic nitrogens is 2. The molecular formula is C16H23N3O3. The fourth-order valence-electron chi connectivity index (χ4n) is 2.77. The highest BCUT2D eigenvalue weighted by Crippen LogP contribution is 2.26. The molecular weight excluding hydrogens is 282 g/mol. The lowest BCUT2D eigenvalue weighted by Crippen LogP contribution is -2.35. The zero-order valence-corrected chi connectivity index (χ0v) is 12.8. The Labute approximate surface area is 129 Å². The van der Waals surface area contributed by atoms with E-state index in [-0.39, 0.29) is 12.7 Å². The predicted molar refractivity (Wildman–Crippen MR) is 84.2 cm³/mol. The van der Waals surface area contributed by atoms with E-state index in [4.69, 9.17) is 9.47 Å². The van der Waals surface area contributed by atoms with Crippen LogP contribution in [0.5, 0.6) is 5.75 Å². The highest BCUT2D eigenvalue weighted by Gasteiger charge is 2.16. The van der Waals surface area contributed by atoms with Crippen LogP contribution in [0.1, 0.15) is 18.5 Å². The van der Waals surface area contributed by atoms with Crippen molar-refractivity contribution in [3.05, 3.63) is 23.9 Å². The van der Waals surface area contributed by atoms with E-state index in [2.05, 4.69) is 15.5 Å². The minimum atomic E-state index is -0.552. The van der Waals surface area contributed by atoms with Gasteiger partial charge in [0.25, 0.3) is 0 Å². The van der Waals surface area contributed by atoms with E-state index in [0.717, 1.165) is 48.3 Å². The van der Waals surface area contributed by atoms with Gasteiger partial charge in [-0.2, -0.15) is 5.10 Å². The third-order valence-electron chi connectivity index (χ3n) is 3.93. The van der Waals surface area contributed by atoms with Crippen LogP contribution in [-0.4, -0.2) is 53.8 Å². The molecule has 0 saturated carbocycles. The summed E-state index contributed by atoms with van der Waals surface area (Å²) in [4.78, 5) is 0. The fraction of sp³-hybridized carbons (Fsp3) is 0.562. The van der Waals surface area contributed by atoms with Crippen LogP contribution < -0.4 is 10.1 Å². The number of nitrogens with zero attached hydrogens (tertiary/aromatic N) is 1. The van der Waals surface area contributed by atoms with Crippen LogP contribution in [0.2, 0.25) is 0 Å². The van der Waals surface area contributed by atoms with Gasteiger partial charge in [0.15, 0.2) is 0 Å². The molecule has 1 aromatic carbocycles. The van der Waals surface area contributed by atoms with Gasteiger partial charge in [0.1, 0.15) is 18.5 Å². The Morgan fingerprint density at radius 2 is 2.45 bits per heavy atom. The third-order valence-corrected chi connectivity index (χ3v) is 3.93. The number of ether oxygens (including phenoxy) is 2. The largest absolute Gasteiger partial charge is 0.490 e.